The summed E-state index contributed by atoms with van der Waals surface area (Å²) in [5.74, 6) is 1.03. The van der Waals surface area contributed by atoms with Crippen LogP contribution in [-0.4, -0.2) is 56.7 Å². The minimum Gasteiger partial charge on any atom is -0.464 e. The van der Waals surface area contributed by atoms with Crippen molar-refractivity contribution in [1.82, 2.24) is 24.8 Å². The van der Waals surface area contributed by atoms with Gasteiger partial charge in [0.2, 0.25) is 11.8 Å². The predicted molar refractivity (Wildman–Crippen MR) is 101 cm³/mol. The molecule has 1 aliphatic rings. The Balaban J connectivity index is 1.56. The van der Waals surface area contributed by atoms with Gasteiger partial charge in [0.25, 0.3) is 0 Å². The highest BCUT2D eigenvalue weighted by molar-refractivity contribution is 5.89. The van der Waals surface area contributed by atoms with E-state index in [0.717, 1.165) is 21.2 Å². The normalized spacial score (nSPS) is 13.9. The van der Waals surface area contributed by atoms with E-state index in [1.54, 1.807) is 31.3 Å². The molecule has 3 heterocycles. The molecule has 28 heavy (non-hydrogen) atoms. The first-order valence-electron chi connectivity index (χ1n) is 8.83. The van der Waals surface area contributed by atoms with Crippen LogP contribution in [0.1, 0.15) is 11.3 Å². The van der Waals surface area contributed by atoms with E-state index in [-0.39, 0.29) is 5.91 Å². The van der Waals surface area contributed by atoms with Gasteiger partial charge in [-0.3, -0.25) is 14.3 Å². The zero-order valence-electron chi connectivity index (χ0n) is 15.3. The maximum Gasteiger partial charge on any atom is 0.415 e. The highest BCUT2D eigenvalue weighted by Gasteiger charge is 2.23. The van der Waals surface area contributed by atoms with Gasteiger partial charge in [0.15, 0.2) is 0 Å². The lowest BCUT2D eigenvalue weighted by atomic mass is 10.1. The molecule has 0 saturated heterocycles. The zero-order valence-corrected chi connectivity index (χ0v) is 15.3. The number of fused-ring (bicyclic) bond motifs is 2. The van der Waals surface area contributed by atoms with Crippen molar-refractivity contribution in [2.75, 3.05) is 20.1 Å². The van der Waals surface area contributed by atoms with Crippen molar-refractivity contribution < 1.29 is 19.4 Å². The number of amides is 1. The lowest BCUT2D eigenvalue weighted by Crippen LogP contribution is -2.39. The minimum absolute atomic E-state index is 0.0319. The number of ether oxygens (including phenoxy) is 1. The van der Waals surface area contributed by atoms with Gasteiger partial charge in [-0.25, -0.2) is 14.8 Å². The molecule has 0 radical (unpaired) electrons. The molecule has 1 amide bonds. The number of carbonyl (C=O) groups is 2. The van der Waals surface area contributed by atoms with E-state index >= 15 is 0 Å². The molecule has 0 aliphatic carbocycles. The van der Waals surface area contributed by atoms with Crippen LogP contribution in [0.3, 0.4) is 0 Å². The van der Waals surface area contributed by atoms with Crippen LogP contribution in [0.15, 0.2) is 36.8 Å². The Labute approximate surface area is 160 Å². The van der Waals surface area contributed by atoms with Gasteiger partial charge >= 0.3 is 6.09 Å². The smallest absolute Gasteiger partial charge is 0.415 e. The summed E-state index contributed by atoms with van der Waals surface area (Å²) in [5, 5.41) is 12.6. The van der Waals surface area contributed by atoms with Gasteiger partial charge in [-0.2, -0.15) is 0 Å². The second kappa shape index (κ2) is 7.28. The van der Waals surface area contributed by atoms with Gasteiger partial charge in [-0.05, 0) is 30.7 Å². The van der Waals surface area contributed by atoms with Crippen LogP contribution in [0.25, 0.3) is 10.9 Å². The second-order valence-electron chi connectivity index (χ2n) is 6.53. The van der Waals surface area contributed by atoms with E-state index in [1.807, 2.05) is 4.90 Å². The fraction of sp³-hybridized carbons (Fsp3) is 0.263. The molecule has 9 nitrogen and oxygen atoms in total. The zero-order chi connectivity index (χ0) is 19.7. The van der Waals surface area contributed by atoms with Crippen LogP contribution in [0, 0.1) is 0 Å². The number of rotatable bonds is 4. The topological polar surface area (TPSA) is 110 Å². The molecule has 0 fully saturated rings. The third-order valence-corrected chi connectivity index (χ3v) is 4.77. The summed E-state index contributed by atoms with van der Waals surface area (Å²) in [6.45, 7) is 1.60. The van der Waals surface area contributed by atoms with Crippen molar-refractivity contribution in [3.05, 3.63) is 48.0 Å². The van der Waals surface area contributed by atoms with Crippen LogP contribution >= 0.6 is 0 Å². The lowest BCUT2D eigenvalue weighted by molar-refractivity contribution is -0.122. The van der Waals surface area contributed by atoms with E-state index in [0.29, 0.717) is 43.2 Å². The number of hydrogen-bond acceptors (Lipinski definition) is 6. The quantitative estimate of drug-likeness (QED) is 0.710. The lowest BCUT2D eigenvalue weighted by Gasteiger charge is -2.27. The molecule has 3 aromatic rings. The van der Waals surface area contributed by atoms with Gasteiger partial charge in [0, 0.05) is 37.3 Å². The second-order valence-corrected chi connectivity index (χ2v) is 6.53. The molecule has 0 spiro atoms. The molecule has 2 aromatic heterocycles. The van der Waals surface area contributed by atoms with Crippen LogP contribution in [0.2, 0.25) is 0 Å². The maximum atomic E-state index is 11.6. The van der Waals surface area contributed by atoms with Gasteiger partial charge in [-0.15, -0.1) is 0 Å². The number of likely N-dealkylation sites (N-methyl/N-ethyl adjacent to an activating group) is 1. The average molecular weight is 381 g/mol. The molecule has 0 saturated carbocycles. The SMILES string of the molecule is CNC(=O)CN1CCc2c(ncnc2Oc2ccc3c(ccn3C(=O)O)c2)C1. The molecule has 0 unspecified atom stereocenters. The Morgan fingerprint density at radius 3 is 2.93 bits per heavy atom. The first kappa shape index (κ1) is 17.9. The van der Waals surface area contributed by atoms with E-state index in [9.17, 15) is 14.7 Å². The van der Waals surface area contributed by atoms with Crippen molar-refractivity contribution in [1.29, 1.82) is 0 Å². The number of nitrogens with zero attached hydrogens (tertiary/aromatic N) is 4. The number of benzene rings is 1. The summed E-state index contributed by atoms with van der Waals surface area (Å²) in [6, 6.07) is 6.93. The van der Waals surface area contributed by atoms with Crippen LogP contribution in [-0.2, 0) is 17.8 Å². The van der Waals surface area contributed by atoms with E-state index in [2.05, 4.69) is 15.3 Å². The summed E-state index contributed by atoms with van der Waals surface area (Å²) >= 11 is 0. The van der Waals surface area contributed by atoms with Crippen molar-refractivity contribution >= 4 is 22.9 Å². The molecule has 0 atom stereocenters. The molecule has 144 valence electrons. The third kappa shape index (κ3) is 3.39. The first-order chi connectivity index (χ1) is 13.5. The fourth-order valence-electron chi connectivity index (χ4n) is 3.35. The molecule has 9 heteroatoms. The Morgan fingerprint density at radius 2 is 2.14 bits per heavy atom. The van der Waals surface area contributed by atoms with Crippen LogP contribution in [0.5, 0.6) is 11.6 Å². The Hall–Kier alpha value is -3.46. The minimum atomic E-state index is -1.03. The van der Waals surface area contributed by atoms with Crippen LogP contribution in [0.4, 0.5) is 4.79 Å². The summed E-state index contributed by atoms with van der Waals surface area (Å²) in [5.41, 5.74) is 2.37. The molecule has 0 bridgehead atoms. The van der Waals surface area contributed by atoms with E-state index in [4.69, 9.17) is 4.74 Å². The Bertz CT molecular complexity index is 1060. The van der Waals surface area contributed by atoms with Crippen molar-refractivity contribution in [3.8, 4) is 11.6 Å². The van der Waals surface area contributed by atoms with Crippen molar-refractivity contribution in [3.63, 3.8) is 0 Å². The molecular weight excluding hydrogens is 362 g/mol. The molecule has 1 aliphatic heterocycles. The first-order valence-corrected chi connectivity index (χ1v) is 8.83. The number of hydrogen-bond donors (Lipinski definition) is 2. The van der Waals surface area contributed by atoms with Gasteiger partial charge in [0.1, 0.15) is 12.1 Å². The molecule has 4 rings (SSSR count). The van der Waals surface area contributed by atoms with Gasteiger partial charge in [-0.1, -0.05) is 0 Å². The van der Waals surface area contributed by atoms with Crippen molar-refractivity contribution in [2.24, 2.45) is 0 Å². The summed E-state index contributed by atoms with van der Waals surface area (Å²) in [4.78, 5) is 33.5. The molecule has 2 N–H and O–H groups in total. The highest BCUT2D eigenvalue weighted by atomic mass is 16.5. The van der Waals surface area contributed by atoms with E-state index in [1.165, 1.54) is 12.5 Å². The van der Waals surface area contributed by atoms with Crippen molar-refractivity contribution in [2.45, 2.75) is 13.0 Å². The summed E-state index contributed by atoms with van der Waals surface area (Å²) in [6.07, 6.45) is 2.61. The number of nitrogens with one attached hydrogen (secondary N) is 1. The molecule has 1 aromatic carbocycles. The standard InChI is InChI=1S/C19H19N5O4/c1-20-17(25)10-23-6-5-14-15(9-23)21-11-22-18(14)28-13-2-3-16-12(8-13)4-7-24(16)19(26)27/h2-4,7-8,11H,5-6,9-10H2,1H3,(H,20,25)(H,26,27). The monoisotopic (exact) mass is 381 g/mol. The van der Waals surface area contributed by atoms with Gasteiger partial charge < -0.3 is 15.2 Å². The van der Waals surface area contributed by atoms with E-state index < -0.39 is 6.09 Å². The third-order valence-electron chi connectivity index (χ3n) is 4.77. The maximum absolute atomic E-state index is 11.6. The Morgan fingerprint density at radius 1 is 1.29 bits per heavy atom. The largest absolute Gasteiger partial charge is 0.464 e. The summed E-state index contributed by atoms with van der Waals surface area (Å²) < 4.78 is 7.15. The number of aromatic nitrogens is 3. The number of carbonyl (C=O) groups excluding carboxylic acids is 1. The Kier molecular flexibility index (Phi) is 4.66. The predicted octanol–water partition coefficient (Wildman–Crippen LogP) is 1.85. The van der Waals surface area contributed by atoms with Gasteiger partial charge in [0.05, 0.1) is 17.8 Å². The average Bonchev–Trinajstić information content (AvgIpc) is 3.11. The molecular formula is C19H19N5O4. The summed E-state index contributed by atoms with van der Waals surface area (Å²) in [7, 11) is 1.62. The van der Waals surface area contributed by atoms with Crippen LogP contribution < -0.4 is 10.1 Å². The highest BCUT2D eigenvalue weighted by Crippen LogP contribution is 2.30. The number of carboxylic acid groups (broad SMARTS) is 1. The fourth-order valence-corrected chi connectivity index (χ4v) is 3.35.